The second kappa shape index (κ2) is 6.87. The molecule has 30 heavy (non-hydrogen) atoms. The van der Waals surface area contributed by atoms with Crippen LogP contribution in [-0.2, 0) is 21.8 Å². The molecule has 0 bridgehead atoms. The van der Waals surface area contributed by atoms with E-state index in [0.717, 1.165) is 0 Å². The lowest BCUT2D eigenvalue weighted by molar-refractivity contribution is 0.0988. The van der Waals surface area contributed by atoms with Crippen molar-refractivity contribution < 1.29 is 22.3 Å². The quantitative estimate of drug-likeness (QED) is 0.727. The van der Waals surface area contributed by atoms with E-state index in [4.69, 9.17) is 10.5 Å². The van der Waals surface area contributed by atoms with Crippen LogP contribution in [0.5, 0.6) is 5.75 Å². The van der Waals surface area contributed by atoms with Crippen LogP contribution in [0, 0.1) is 5.82 Å². The fraction of sp³-hybridized carbons (Fsp3) is 0.381. The molecule has 1 spiro atoms. The summed E-state index contributed by atoms with van der Waals surface area (Å²) in [4.78, 5) is 21.1. The summed E-state index contributed by atoms with van der Waals surface area (Å²) in [5.41, 5.74) is 5.56. The Labute approximate surface area is 174 Å². The van der Waals surface area contributed by atoms with Gasteiger partial charge in [-0.3, -0.25) is 9.79 Å². The van der Waals surface area contributed by atoms with Gasteiger partial charge in [0, 0.05) is 12.0 Å². The lowest BCUT2D eigenvalue weighted by Gasteiger charge is -2.34. The average Bonchev–Trinajstić information content (AvgIpc) is 3.50. The zero-order valence-corrected chi connectivity index (χ0v) is 17.5. The zero-order valence-electron chi connectivity index (χ0n) is 16.7. The van der Waals surface area contributed by atoms with Crippen LogP contribution in [0.3, 0.4) is 0 Å². The van der Waals surface area contributed by atoms with Gasteiger partial charge in [0.05, 0.1) is 19.1 Å². The Morgan fingerprint density at radius 1 is 1.27 bits per heavy atom. The monoisotopic (exact) mass is 431 g/mol. The van der Waals surface area contributed by atoms with Gasteiger partial charge in [0.25, 0.3) is 0 Å². The molecule has 4 rings (SSSR count). The minimum atomic E-state index is -3.57. The van der Waals surface area contributed by atoms with Gasteiger partial charge < -0.3 is 10.5 Å². The zero-order chi connectivity index (χ0) is 21.7. The van der Waals surface area contributed by atoms with Crippen molar-refractivity contribution in [2.75, 3.05) is 12.9 Å². The van der Waals surface area contributed by atoms with Gasteiger partial charge in [0.1, 0.15) is 33.4 Å². The Kier molecular flexibility index (Phi) is 4.68. The lowest BCUT2D eigenvalue weighted by atomic mass is 9.91. The van der Waals surface area contributed by atoms with Gasteiger partial charge in [-0.2, -0.15) is 0 Å². The molecule has 0 amide bonds. The van der Waals surface area contributed by atoms with Crippen molar-refractivity contribution >= 4 is 21.5 Å². The van der Waals surface area contributed by atoms with Gasteiger partial charge in [-0.05, 0) is 49.6 Å². The third-order valence-corrected chi connectivity index (χ3v) is 8.59. The average molecular weight is 431 g/mol. The molecule has 1 saturated carbocycles. The number of carbonyl (C=O) groups is 1. The molecule has 1 atom stereocenters. The second-order valence-corrected chi connectivity index (χ2v) is 10.3. The number of amidine groups is 1. The van der Waals surface area contributed by atoms with Crippen molar-refractivity contribution in [3.63, 3.8) is 0 Å². The van der Waals surface area contributed by atoms with E-state index in [2.05, 4.69) is 9.98 Å². The van der Waals surface area contributed by atoms with E-state index in [1.807, 2.05) is 0 Å². The lowest BCUT2D eigenvalue weighted by Crippen LogP contribution is -2.50. The molecule has 9 heteroatoms. The van der Waals surface area contributed by atoms with Crippen LogP contribution < -0.4 is 10.5 Å². The highest BCUT2D eigenvalue weighted by molar-refractivity contribution is 7.94. The number of Topliss-reactive ketones (excluding diaryl/α,β-unsaturated/α-hetero) is 1. The van der Waals surface area contributed by atoms with Crippen molar-refractivity contribution in [2.45, 2.75) is 36.5 Å². The van der Waals surface area contributed by atoms with Crippen molar-refractivity contribution in [3.8, 4) is 5.75 Å². The molecule has 158 valence electrons. The van der Waals surface area contributed by atoms with Crippen molar-refractivity contribution in [1.82, 2.24) is 4.98 Å². The number of aliphatic imine (C=N–C) groups is 1. The minimum absolute atomic E-state index is 0.0153. The smallest absolute Gasteiger partial charge is 0.185 e. The number of nitrogens with zero attached hydrogens (tertiary/aromatic N) is 2. The Balaban J connectivity index is 1.65. The number of rotatable bonds is 5. The van der Waals surface area contributed by atoms with Crippen molar-refractivity contribution in [3.05, 3.63) is 59.2 Å². The number of hydrogen-bond donors (Lipinski definition) is 1. The molecule has 0 radical (unpaired) electrons. The Bertz CT molecular complexity index is 1160. The van der Waals surface area contributed by atoms with Crippen LogP contribution in [0.15, 0.2) is 41.5 Å². The summed E-state index contributed by atoms with van der Waals surface area (Å²) < 4.78 is 44.3. The molecule has 0 unspecified atom stereocenters. The van der Waals surface area contributed by atoms with Crippen LogP contribution in [0.25, 0.3) is 0 Å². The molecule has 2 heterocycles. The normalized spacial score (nSPS) is 23.6. The third kappa shape index (κ3) is 3.27. The summed E-state index contributed by atoms with van der Waals surface area (Å²) in [5.74, 6) is -0.591. The largest absolute Gasteiger partial charge is 0.495 e. The van der Waals surface area contributed by atoms with E-state index in [-0.39, 0.29) is 35.0 Å². The first-order valence-corrected chi connectivity index (χ1v) is 11.2. The van der Waals surface area contributed by atoms with E-state index in [9.17, 15) is 17.6 Å². The number of nitrogens with two attached hydrogens (primary N) is 1. The molecule has 1 aromatic heterocycles. The van der Waals surface area contributed by atoms with Gasteiger partial charge >= 0.3 is 0 Å². The van der Waals surface area contributed by atoms with E-state index in [1.54, 1.807) is 19.1 Å². The summed E-state index contributed by atoms with van der Waals surface area (Å²) >= 11 is 0. The van der Waals surface area contributed by atoms with Crippen LogP contribution >= 0.6 is 0 Å². The number of benzene rings is 1. The first-order chi connectivity index (χ1) is 14.1. The number of sulfone groups is 1. The highest BCUT2D eigenvalue weighted by atomic mass is 32.2. The van der Waals surface area contributed by atoms with E-state index in [0.29, 0.717) is 24.2 Å². The Hall–Kier alpha value is -2.81. The summed E-state index contributed by atoms with van der Waals surface area (Å²) in [6, 6.07) is 7.41. The number of pyridine rings is 1. The van der Waals surface area contributed by atoms with Crippen molar-refractivity contribution in [2.24, 2.45) is 10.7 Å². The SMILES string of the molecule is COc1ccc(C(=O)Cc2ccc(F)c([C@]3(C)CS(=O)(=O)C4(CC4)C(N)=N3)c2)nc1. The number of ketones is 1. The molecule has 7 nitrogen and oxygen atoms in total. The van der Waals surface area contributed by atoms with E-state index >= 15 is 0 Å². The predicted octanol–water partition coefficient (Wildman–Crippen LogP) is 2.19. The van der Waals surface area contributed by atoms with Gasteiger partial charge in [-0.25, -0.2) is 17.8 Å². The van der Waals surface area contributed by atoms with Crippen molar-refractivity contribution in [1.29, 1.82) is 0 Å². The fourth-order valence-electron chi connectivity index (χ4n) is 3.92. The molecule has 1 aliphatic heterocycles. The maximum absolute atomic E-state index is 14.7. The Morgan fingerprint density at radius 2 is 2.00 bits per heavy atom. The van der Waals surface area contributed by atoms with E-state index in [1.165, 1.54) is 31.5 Å². The predicted molar refractivity (Wildman–Crippen MR) is 110 cm³/mol. The summed E-state index contributed by atoms with van der Waals surface area (Å²) in [5, 5.41) is 0. The molecule has 2 aromatic rings. The molecule has 0 saturated heterocycles. The summed E-state index contributed by atoms with van der Waals surface area (Å²) in [7, 11) is -2.06. The number of halogens is 1. The highest BCUT2D eigenvalue weighted by Gasteiger charge is 2.62. The molecule has 2 N–H and O–H groups in total. The number of carbonyl (C=O) groups excluding carboxylic acids is 1. The van der Waals surface area contributed by atoms with Crippen LogP contribution in [0.2, 0.25) is 0 Å². The van der Waals surface area contributed by atoms with Crippen LogP contribution in [0.1, 0.15) is 41.4 Å². The summed E-state index contributed by atoms with van der Waals surface area (Å²) in [6.45, 7) is 1.56. The topological polar surface area (TPSA) is 112 Å². The number of ether oxygens (including phenoxy) is 1. The number of aromatic nitrogens is 1. The molecule has 1 aliphatic carbocycles. The minimum Gasteiger partial charge on any atom is -0.495 e. The van der Waals surface area contributed by atoms with Gasteiger partial charge in [0.2, 0.25) is 0 Å². The highest BCUT2D eigenvalue weighted by Crippen LogP contribution is 2.50. The fourth-order valence-corrected chi connectivity index (χ4v) is 6.25. The van der Waals surface area contributed by atoms with Crippen LogP contribution in [0.4, 0.5) is 4.39 Å². The third-order valence-electron chi connectivity index (χ3n) is 5.84. The van der Waals surface area contributed by atoms with E-state index < -0.39 is 25.9 Å². The first kappa shape index (κ1) is 20.5. The Morgan fingerprint density at radius 3 is 2.57 bits per heavy atom. The number of hydrogen-bond acceptors (Lipinski definition) is 7. The van der Waals surface area contributed by atoms with Crippen LogP contribution in [-0.4, -0.2) is 42.6 Å². The first-order valence-electron chi connectivity index (χ1n) is 9.50. The molecule has 1 fully saturated rings. The molecular formula is C21H22FN3O4S. The molecule has 2 aliphatic rings. The maximum atomic E-state index is 14.7. The maximum Gasteiger partial charge on any atom is 0.185 e. The number of methoxy groups -OCH3 is 1. The van der Waals surface area contributed by atoms with Gasteiger partial charge in [0.15, 0.2) is 15.6 Å². The van der Waals surface area contributed by atoms with Gasteiger partial charge in [-0.15, -0.1) is 0 Å². The second-order valence-electron chi connectivity index (χ2n) is 8.02. The summed E-state index contributed by atoms with van der Waals surface area (Å²) in [6.07, 6.45) is 2.33. The molecule has 1 aromatic carbocycles. The molecular weight excluding hydrogens is 409 g/mol. The van der Waals surface area contributed by atoms with Gasteiger partial charge in [-0.1, -0.05) is 6.07 Å². The standard InChI is InChI=1S/C21H22FN3O4S/c1-20(12-30(27,28)21(7-8-21)19(23)25-20)15-9-13(3-5-16(15)22)10-18(26)17-6-4-14(29-2)11-24-17/h3-6,9,11H,7-8,10,12H2,1-2H3,(H2,23,25)/t20-/m0/s1.